The van der Waals surface area contributed by atoms with Crippen molar-refractivity contribution in [2.24, 2.45) is 11.1 Å². The van der Waals surface area contributed by atoms with Crippen LogP contribution in [0, 0.1) is 5.92 Å². The van der Waals surface area contributed by atoms with Crippen LogP contribution in [0.25, 0.3) is 11.0 Å². The van der Waals surface area contributed by atoms with Crippen molar-refractivity contribution in [2.75, 3.05) is 21.1 Å². The van der Waals surface area contributed by atoms with Gasteiger partial charge in [0.05, 0.1) is 22.0 Å². The maximum Gasteiger partial charge on any atom is 0.239 e. The van der Waals surface area contributed by atoms with E-state index >= 15 is 0 Å². The van der Waals surface area contributed by atoms with Gasteiger partial charge >= 0.3 is 0 Å². The summed E-state index contributed by atoms with van der Waals surface area (Å²) >= 11 is 0. The third-order valence-corrected chi connectivity index (χ3v) is 5.24. The number of nitrogens with one attached hydrogen (secondary N) is 2. The zero-order valence-electron chi connectivity index (χ0n) is 15.2. The molecule has 1 heterocycles. The van der Waals surface area contributed by atoms with E-state index in [0.717, 1.165) is 0 Å². The molecule has 0 radical (unpaired) electrons. The van der Waals surface area contributed by atoms with Gasteiger partial charge in [-0.1, -0.05) is 6.92 Å². The van der Waals surface area contributed by atoms with Crippen molar-refractivity contribution < 1.29 is 18.3 Å². The molecule has 1 amide bonds. The maximum atomic E-state index is 12.0. The van der Waals surface area contributed by atoms with Crippen molar-refractivity contribution in [3.63, 3.8) is 0 Å². The average molecular weight is 383 g/mol. The van der Waals surface area contributed by atoms with Gasteiger partial charge in [0.1, 0.15) is 11.9 Å². The SMILES string of the molecule is CNC(=O)[C@@H]([C@H](O)[C@H](C)Cc1nc2cc(S(N)(=O)=O)ccc2[nH]1)N(C)C. The van der Waals surface area contributed by atoms with Crippen LogP contribution in [-0.2, 0) is 21.2 Å². The van der Waals surface area contributed by atoms with E-state index in [1.54, 1.807) is 25.1 Å². The van der Waals surface area contributed by atoms with Crippen LogP contribution in [0.3, 0.4) is 0 Å². The first kappa shape index (κ1) is 20.3. The molecule has 0 spiro atoms. The molecule has 2 rings (SSSR count). The Bertz CT molecular complexity index is 893. The van der Waals surface area contributed by atoms with E-state index in [0.29, 0.717) is 23.3 Å². The highest BCUT2D eigenvalue weighted by atomic mass is 32.2. The number of primary sulfonamides is 1. The number of benzene rings is 1. The number of aliphatic hydroxyl groups excluding tert-OH is 1. The molecular weight excluding hydrogens is 358 g/mol. The topological polar surface area (TPSA) is 141 Å². The number of fused-ring (bicyclic) bond motifs is 1. The lowest BCUT2D eigenvalue weighted by atomic mass is 9.93. The second-order valence-corrected chi connectivity index (χ2v) is 8.16. The van der Waals surface area contributed by atoms with Crippen LogP contribution in [-0.4, -0.2) is 67.6 Å². The number of amides is 1. The van der Waals surface area contributed by atoms with Crippen LogP contribution >= 0.6 is 0 Å². The summed E-state index contributed by atoms with van der Waals surface area (Å²) < 4.78 is 22.9. The van der Waals surface area contributed by atoms with Crippen molar-refractivity contribution in [2.45, 2.75) is 30.4 Å². The van der Waals surface area contributed by atoms with Crippen LogP contribution in [0.4, 0.5) is 0 Å². The Hall–Kier alpha value is -2.01. The number of nitrogens with zero attached hydrogens (tertiary/aromatic N) is 2. The molecule has 0 aliphatic heterocycles. The lowest BCUT2D eigenvalue weighted by molar-refractivity contribution is -0.130. The molecule has 10 heteroatoms. The molecule has 26 heavy (non-hydrogen) atoms. The van der Waals surface area contributed by atoms with Crippen molar-refractivity contribution in [1.82, 2.24) is 20.2 Å². The standard InChI is InChI=1S/C16H25N5O4S/c1-9(15(22)14(21(3)4)16(23)18-2)7-13-19-11-6-5-10(26(17,24)25)8-12(11)20-13/h5-6,8-9,14-15,22H,7H2,1-4H3,(H,18,23)(H,19,20)(H2,17,24,25)/t9-,14-,15-/m1/s1. The number of aliphatic hydroxyl groups is 1. The molecule has 0 fully saturated rings. The van der Waals surface area contributed by atoms with E-state index in [4.69, 9.17) is 5.14 Å². The molecule has 0 unspecified atom stereocenters. The third-order valence-electron chi connectivity index (χ3n) is 4.33. The van der Waals surface area contributed by atoms with E-state index in [1.165, 1.54) is 19.2 Å². The number of nitrogens with two attached hydrogens (primary N) is 1. The van der Waals surface area contributed by atoms with E-state index in [9.17, 15) is 18.3 Å². The number of sulfonamides is 1. The third kappa shape index (κ3) is 4.39. The quantitative estimate of drug-likeness (QED) is 0.504. The molecule has 1 aromatic heterocycles. The molecule has 2 aromatic rings. The highest BCUT2D eigenvalue weighted by Gasteiger charge is 2.32. The van der Waals surface area contributed by atoms with Gasteiger partial charge in [-0.2, -0.15) is 0 Å². The monoisotopic (exact) mass is 383 g/mol. The number of carbonyl (C=O) groups is 1. The highest BCUT2D eigenvalue weighted by molar-refractivity contribution is 7.89. The zero-order chi connectivity index (χ0) is 19.6. The van der Waals surface area contributed by atoms with E-state index in [-0.39, 0.29) is 16.7 Å². The van der Waals surface area contributed by atoms with Crippen LogP contribution < -0.4 is 10.5 Å². The minimum Gasteiger partial charge on any atom is -0.391 e. The summed E-state index contributed by atoms with van der Waals surface area (Å²) in [6.45, 7) is 1.83. The normalized spacial score (nSPS) is 15.8. The molecule has 1 aromatic carbocycles. The molecular formula is C16H25N5O4S. The zero-order valence-corrected chi connectivity index (χ0v) is 16.0. The summed E-state index contributed by atoms with van der Waals surface area (Å²) in [6.07, 6.45) is -0.514. The number of hydrogen-bond acceptors (Lipinski definition) is 6. The molecule has 0 aliphatic carbocycles. The van der Waals surface area contributed by atoms with Crippen molar-refractivity contribution >= 4 is 27.0 Å². The number of aromatic nitrogens is 2. The summed E-state index contributed by atoms with van der Waals surface area (Å²) in [5.74, 6) is 0.0576. The smallest absolute Gasteiger partial charge is 0.239 e. The second kappa shape index (κ2) is 7.70. The average Bonchev–Trinajstić information content (AvgIpc) is 2.94. The van der Waals surface area contributed by atoms with Crippen LogP contribution in [0.2, 0.25) is 0 Å². The lowest BCUT2D eigenvalue weighted by Gasteiger charge is -2.30. The largest absolute Gasteiger partial charge is 0.391 e. The summed E-state index contributed by atoms with van der Waals surface area (Å²) in [7, 11) is 1.18. The van der Waals surface area contributed by atoms with E-state index < -0.39 is 22.2 Å². The number of imidazole rings is 1. The van der Waals surface area contributed by atoms with Crippen molar-refractivity contribution in [1.29, 1.82) is 0 Å². The van der Waals surface area contributed by atoms with E-state index in [2.05, 4.69) is 15.3 Å². The Balaban J connectivity index is 2.22. The van der Waals surface area contributed by atoms with E-state index in [1.807, 2.05) is 6.92 Å². The predicted molar refractivity (Wildman–Crippen MR) is 97.9 cm³/mol. The molecule has 0 bridgehead atoms. The minimum atomic E-state index is -3.80. The maximum absolute atomic E-state index is 12.0. The highest BCUT2D eigenvalue weighted by Crippen LogP contribution is 2.20. The van der Waals surface area contributed by atoms with Gasteiger partial charge in [-0.3, -0.25) is 9.69 Å². The number of rotatable bonds is 7. The van der Waals surface area contributed by atoms with Gasteiger partial charge in [0, 0.05) is 13.5 Å². The van der Waals surface area contributed by atoms with Crippen molar-refractivity contribution in [3.05, 3.63) is 24.0 Å². The Morgan fingerprint density at radius 3 is 2.62 bits per heavy atom. The molecule has 0 aliphatic rings. The van der Waals surface area contributed by atoms with Crippen LogP contribution in [0.1, 0.15) is 12.7 Å². The Morgan fingerprint density at radius 2 is 2.08 bits per heavy atom. The Morgan fingerprint density at radius 1 is 1.42 bits per heavy atom. The minimum absolute atomic E-state index is 0.0107. The summed E-state index contributed by atoms with van der Waals surface area (Å²) in [5.41, 5.74) is 1.15. The number of aromatic amines is 1. The predicted octanol–water partition coefficient (Wildman–Crippen LogP) is -0.574. The first-order valence-corrected chi connectivity index (χ1v) is 9.66. The van der Waals surface area contributed by atoms with Crippen LogP contribution in [0.5, 0.6) is 0 Å². The fourth-order valence-electron chi connectivity index (χ4n) is 2.89. The second-order valence-electron chi connectivity index (χ2n) is 6.60. The van der Waals surface area contributed by atoms with Gasteiger partial charge in [0.25, 0.3) is 0 Å². The summed E-state index contributed by atoms with van der Waals surface area (Å²) in [6, 6.07) is 3.72. The fraction of sp³-hybridized carbons (Fsp3) is 0.500. The molecule has 3 atom stereocenters. The molecule has 0 saturated heterocycles. The molecule has 144 valence electrons. The number of H-pyrrole nitrogens is 1. The van der Waals surface area contributed by atoms with Gasteiger partial charge in [-0.15, -0.1) is 0 Å². The molecule has 0 saturated carbocycles. The van der Waals surface area contributed by atoms with Gasteiger partial charge < -0.3 is 15.4 Å². The number of carbonyl (C=O) groups excluding carboxylic acids is 1. The number of hydrogen-bond donors (Lipinski definition) is 4. The summed E-state index contributed by atoms with van der Waals surface area (Å²) in [5, 5.41) is 18.3. The Kier molecular flexibility index (Phi) is 6.02. The van der Waals surface area contributed by atoms with Gasteiger partial charge in [-0.25, -0.2) is 18.5 Å². The van der Waals surface area contributed by atoms with Gasteiger partial charge in [0.15, 0.2) is 0 Å². The van der Waals surface area contributed by atoms with Gasteiger partial charge in [-0.05, 0) is 38.2 Å². The van der Waals surface area contributed by atoms with Crippen molar-refractivity contribution in [3.8, 4) is 0 Å². The first-order chi connectivity index (χ1) is 12.0. The Labute approximate surface area is 152 Å². The molecule has 5 N–H and O–H groups in total. The van der Waals surface area contributed by atoms with Crippen LogP contribution in [0.15, 0.2) is 23.1 Å². The number of likely N-dealkylation sites (N-methyl/N-ethyl adjacent to an activating group) is 2. The first-order valence-electron chi connectivity index (χ1n) is 8.12. The summed E-state index contributed by atoms with van der Waals surface area (Å²) in [4.78, 5) is 21.1. The fourth-order valence-corrected chi connectivity index (χ4v) is 3.43. The lowest BCUT2D eigenvalue weighted by Crippen LogP contribution is -2.52. The van der Waals surface area contributed by atoms with Gasteiger partial charge in [0.2, 0.25) is 15.9 Å². The molecule has 9 nitrogen and oxygen atoms in total.